The Morgan fingerprint density at radius 2 is 2.54 bits per heavy atom. The fourth-order valence-electron chi connectivity index (χ4n) is 0.850. The Morgan fingerprint density at radius 1 is 1.77 bits per heavy atom. The highest BCUT2D eigenvalue weighted by atomic mass is 16.3. The molecule has 1 rings (SSSR count). The van der Waals surface area contributed by atoms with Crippen LogP contribution in [-0.4, -0.2) is 28.6 Å². The summed E-state index contributed by atoms with van der Waals surface area (Å²) in [6, 6.07) is 3.14. The van der Waals surface area contributed by atoms with Gasteiger partial charge in [-0.2, -0.15) is 0 Å². The molecule has 2 N–H and O–H groups in total. The summed E-state index contributed by atoms with van der Waals surface area (Å²) in [5, 5.41) is 11.3. The SMILES string of the molecule is C[C@H](CO)NC(=O)c1cccnc1. The average molecular weight is 180 g/mol. The molecule has 0 spiro atoms. The van der Waals surface area contributed by atoms with Crippen LogP contribution >= 0.6 is 0 Å². The van der Waals surface area contributed by atoms with Gasteiger partial charge in [0.2, 0.25) is 0 Å². The Morgan fingerprint density at radius 3 is 3.08 bits per heavy atom. The lowest BCUT2D eigenvalue weighted by Crippen LogP contribution is -2.34. The summed E-state index contributed by atoms with van der Waals surface area (Å²) >= 11 is 0. The Balaban J connectivity index is 2.59. The molecule has 0 aromatic carbocycles. The smallest absolute Gasteiger partial charge is 0.253 e. The zero-order chi connectivity index (χ0) is 9.68. The third-order valence-corrected chi connectivity index (χ3v) is 1.58. The van der Waals surface area contributed by atoms with Crippen molar-refractivity contribution in [1.29, 1.82) is 0 Å². The molecule has 0 aliphatic heterocycles. The molecule has 0 saturated heterocycles. The van der Waals surface area contributed by atoms with Gasteiger partial charge in [-0.05, 0) is 19.1 Å². The second-order valence-corrected chi connectivity index (χ2v) is 2.80. The molecule has 1 aromatic heterocycles. The number of aliphatic hydroxyl groups excluding tert-OH is 1. The van der Waals surface area contributed by atoms with Crippen LogP contribution in [0.5, 0.6) is 0 Å². The van der Waals surface area contributed by atoms with Gasteiger partial charge in [0.05, 0.1) is 12.2 Å². The summed E-state index contributed by atoms with van der Waals surface area (Å²) in [6.45, 7) is 1.67. The fraction of sp³-hybridized carbons (Fsp3) is 0.333. The maximum atomic E-state index is 11.4. The van der Waals surface area contributed by atoms with Crippen molar-refractivity contribution in [3.05, 3.63) is 30.1 Å². The van der Waals surface area contributed by atoms with Crippen LogP contribution in [0.1, 0.15) is 17.3 Å². The van der Waals surface area contributed by atoms with E-state index in [-0.39, 0.29) is 18.6 Å². The Labute approximate surface area is 76.6 Å². The number of rotatable bonds is 3. The normalized spacial score (nSPS) is 12.2. The lowest BCUT2D eigenvalue weighted by atomic mass is 10.2. The summed E-state index contributed by atoms with van der Waals surface area (Å²) in [6.07, 6.45) is 3.09. The van der Waals surface area contributed by atoms with Gasteiger partial charge in [-0.15, -0.1) is 0 Å². The molecule has 0 fully saturated rings. The highest BCUT2D eigenvalue weighted by molar-refractivity contribution is 5.93. The number of hydrogen-bond acceptors (Lipinski definition) is 3. The third kappa shape index (κ3) is 2.83. The van der Waals surface area contributed by atoms with Gasteiger partial charge in [-0.25, -0.2) is 0 Å². The van der Waals surface area contributed by atoms with Crippen molar-refractivity contribution in [2.75, 3.05) is 6.61 Å². The number of amides is 1. The van der Waals surface area contributed by atoms with E-state index in [0.717, 1.165) is 0 Å². The maximum absolute atomic E-state index is 11.4. The van der Waals surface area contributed by atoms with Crippen molar-refractivity contribution in [2.45, 2.75) is 13.0 Å². The highest BCUT2D eigenvalue weighted by Gasteiger charge is 2.07. The number of nitrogens with zero attached hydrogens (tertiary/aromatic N) is 1. The van der Waals surface area contributed by atoms with E-state index in [4.69, 9.17) is 5.11 Å². The number of carbonyl (C=O) groups excluding carboxylic acids is 1. The summed E-state index contributed by atoms with van der Waals surface area (Å²) in [5.41, 5.74) is 0.503. The monoisotopic (exact) mass is 180 g/mol. The minimum atomic E-state index is -0.229. The van der Waals surface area contributed by atoms with E-state index >= 15 is 0 Å². The number of aliphatic hydroxyl groups is 1. The fourth-order valence-corrected chi connectivity index (χ4v) is 0.850. The van der Waals surface area contributed by atoms with Gasteiger partial charge in [0.1, 0.15) is 0 Å². The molecule has 13 heavy (non-hydrogen) atoms. The Kier molecular flexibility index (Phi) is 3.40. The molecule has 4 nitrogen and oxygen atoms in total. The van der Waals surface area contributed by atoms with Gasteiger partial charge < -0.3 is 10.4 Å². The van der Waals surface area contributed by atoms with E-state index in [9.17, 15) is 4.79 Å². The van der Waals surface area contributed by atoms with Gasteiger partial charge >= 0.3 is 0 Å². The molecular weight excluding hydrogens is 168 g/mol. The van der Waals surface area contributed by atoms with Gasteiger partial charge in [-0.1, -0.05) is 0 Å². The van der Waals surface area contributed by atoms with E-state index in [0.29, 0.717) is 5.56 Å². The van der Waals surface area contributed by atoms with Crippen LogP contribution < -0.4 is 5.32 Å². The largest absolute Gasteiger partial charge is 0.394 e. The molecule has 0 radical (unpaired) electrons. The first-order valence-electron chi connectivity index (χ1n) is 4.06. The topological polar surface area (TPSA) is 62.2 Å². The molecule has 1 amide bonds. The zero-order valence-corrected chi connectivity index (χ0v) is 7.40. The van der Waals surface area contributed by atoms with E-state index in [2.05, 4.69) is 10.3 Å². The molecule has 70 valence electrons. The van der Waals surface area contributed by atoms with Gasteiger partial charge in [-0.3, -0.25) is 9.78 Å². The minimum Gasteiger partial charge on any atom is -0.394 e. The zero-order valence-electron chi connectivity index (χ0n) is 7.40. The first-order chi connectivity index (χ1) is 6.24. The Hall–Kier alpha value is -1.42. The lowest BCUT2D eigenvalue weighted by Gasteiger charge is -2.09. The maximum Gasteiger partial charge on any atom is 0.253 e. The predicted molar refractivity (Wildman–Crippen MR) is 48.3 cm³/mol. The third-order valence-electron chi connectivity index (χ3n) is 1.58. The van der Waals surface area contributed by atoms with Crippen molar-refractivity contribution >= 4 is 5.91 Å². The second kappa shape index (κ2) is 4.57. The standard InChI is InChI=1S/C9H12N2O2/c1-7(6-12)11-9(13)8-3-2-4-10-5-8/h2-5,7,12H,6H2,1H3,(H,11,13)/t7-/m1/s1. The predicted octanol–water partition coefficient (Wildman–Crippen LogP) is 0.192. The number of pyridine rings is 1. The molecular formula is C9H12N2O2. The Bertz CT molecular complexity index is 274. The lowest BCUT2D eigenvalue weighted by molar-refractivity contribution is 0.0922. The van der Waals surface area contributed by atoms with Crippen molar-refractivity contribution in [3.8, 4) is 0 Å². The first-order valence-corrected chi connectivity index (χ1v) is 4.06. The quantitative estimate of drug-likeness (QED) is 0.698. The van der Waals surface area contributed by atoms with Crippen LogP contribution in [0.15, 0.2) is 24.5 Å². The molecule has 0 bridgehead atoms. The number of hydrogen-bond donors (Lipinski definition) is 2. The molecule has 1 aromatic rings. The molecule has 1 atom stereocenters. The van der Waals surface area contributed by atoms with Crippen LogP contribution in [0.4, 0.5) is 0 Å². The second-order valence-electron chi connectivity index (χ2n) is 2.80. The average Bonchev–Trinajstić information content (AvgIpc) is 2.19. The molecule has 0 aliphatic rings. The molecule has 0 aliphatic carbocycles. The van der Waals surface area contributed by atoms with Crippen LogP contribution in [0, 0.1) is 0 Å². The van der Waals surface area contributed by atoms with Gasteiger partial charge in [0.15, 0.2) is 0 Å². The van der Waals surface area contributed by atoms with Gasteiger partial charge in [0.25, 0.3) is 5.91 Å². The van der Waals surface area contributed by atoms with Crippen molar-refractivity contribution in [3.63, 3.8) is 0 Å². The molecule has 0 unspecified atom stereocenters. The molecule has 0 saturated carbocycles. The molecule has 4 heteroatoms. The summed E-state index contributed by atoms with van der Waals surface area (Å²) in [4.78, 5) is 15.2. The van der Waals surface area contributed by atoms with E-state index < -0.39 is 0 Å². The highest BCUT2D eigenvalue weighted by Crippen LogP contribution is 1.95. The summed E-state index contributed by atoms with van der Waals surface area (Å²) < 4.78 is 0. The van der Waals surface area contributed by atoms with Crippen LogP contribution in [-0.2, 0) is 0 Å². The molecule has 1 heterocycles. The van der Waals surface area contributed by atoms with E-state index in [1.54, 1.807) is 25.3 Å². The number of aromatic nitrogens is 1. The number of carbonyl (C=O) groups is 1. The van der Waals surface area contributed by atoms with Crippen LogP contribution in [0.2, 0.25) is 0 Å². The summed E-state index contributed by atoms with van der Waals surface area (Å²) in [7, 11) is 0. The minimum absolute atomic E-state index is 0.0635. The van der Waals surface area contributed by atoms with Crippen molar-refractivity contribution in [2.24, 2.45) is 0 Å². The van der Waals surface area contributed by atoms with Crippen molar-refractivity contribution < 1.29 is 9.90 Å². The first kappa shape index (κ1) is 9.67. The van der Waals surface area contributed by atoms with Crippen LogP contribution in [0.3, 0.4) is 0 Å². The number of nitrogens with one attached hydrogen (secondary N) is 1. The van der Waals surface area contributed by atoms with Crippen LogP contribution in [0.25, 0.3) is 0 Å². The van der Waals surface area contributed by atoms with Gasteiger partial charge in [0, 0.05) is 18.4 Å². The van der Waals surface area contributed by atoms with E-state index in [1.165, 1.54) is 6.20 Å². The summed E-state index contributed by atoms with van der Waals surface area (Å²) in [5.74, 6) is -0.213. The van der Waals surface area contributed by atoms with E-state index in [1.807, 2.05) is 0 Å². The van der Waals surface area contributed by atoms with Crippen molar-refractivity contribution in [1.82, 2.24) is 10.3 Å².